The van der Waals surface area contributed by atoms with Crippen LogP contribution in [0.3, 0.4) is 0 Å². The molecule has 0 saturated carbocycles. The van der Waals surface area contributed by atoms with Gasteiger partial charge >= 0.3 is 29.6 Å². The number of unbranched alkanes of at least 4 members (excludes halogenated alkanes) is 6. The van der Waals surface area contributed by atoms with E-state index in [1.54, 1.807) is 0 Å². The van der Waals surface area contributed by atoms with Gasteiger partial charge in [0.1, 0.15) is 0 Å². The number of hydrogen-bond acceptors (Lipinski definition) is 4. The van der Waals surface area contributed by atoms with Crippen molar-refractivity contribution in [2.45, 2.75) is 84.2 Å². The Morgan fingerprint density at radius 3 is 1.63 bits per heavy atom. The maximum atomic E-state index is 10.6. The van der Waals surface area contributed by atoms with Crippen LogP contribution in [0.1, 0.15) is 78.1 Å². The van der Waals surface area contributed by atoms with Crippen LogP contribution in [0.4, 0.5) is 0 Å². The summed E-state index contributed by atoms with van der Waals surface area (Å²) in [6.07, 6.45) is 9.52. The van der Waals surface area contributed by atoms with Crippen LogP contribution in [0.25, 0.3) is 0 Å². The SMILES string of the molecule is CCCCCCC(CCCCCC)OS(=O)(=O)[O-].[Na+]. The van der Waals surface area contributed by atoms with E-state index in [-0.39, 0.29) is 29.6 Å². The van der Waals surface area contributed by atoms with Crippen molar-refractivity contribution in [1.29, 1.82) is 0 Å². The summed E-state index contributed by atoms with van der Waals surface area (Å²) >= 11 is 0. The molecule has 0 amide bonds. The van der Waals surface area contributed by atoms with Crippen molar-refractivity contribution in [3.8, 4) is 0 Å². The normalized spacial score (nSPS) is 11.6. The number of hydrogen-bond donors (Lipinski definition) is 0. The molecule has 0 unspecified atom stereocenters. The summed E-state index contributed by atoms with van der Waals surface area (Å²) in [4.78, 5) is 0. The largest absolute Gasteiger partial charge is 1.00 e. The molecule has 0 aromatic rings. The minimum atomic E-state index is -4.56. The molecule has 0 aliphatic carbocycles. The third-order valence-electron chi connectivity index (χ3n) is 3.01. The first kappa shape index (κ1) is 22.2. The fraction of sp³-hybridized carbons (Fsp3) is 1.00. The predicted octanol–water partition coefficient (Wildman–Crippen LogP) is 0.777. The van der Waals surface area contributed by atoms with Gasteiger partial charge in [0.15, 0.2) is 0 Å². The van der Waals surface area contributed by atoms with Gasteiger partial charge in [0.05, 0.1) is 6.10 Å². The van der Waals surface area contributed by atoms with E-state index in [1.165, 1.54) is 0 Å². The summed E-state index contributed by atoms with van der Waals surface area (Å²) in [5.74, 6) is 0. The van der Waals surface area contributed by atoms with Crippen LogP contribution in [0, 0.1) is 0 Å². The van der Waals surface area contributed by atoms with Crippen molar-refractivity contribution in [1.82, 2.24) is 0 Å². The van der Waals surface area contributed by atoms with Gasteiger partial charge in [0.2, 0.25) is 10.4 Å². The summed E-state index contributed by atoms with van der Waals surface area (Å²) in [5, 5.41) is 0. The maximum absolute atomic E-state index is 10.6. The van der Waals surface area contributed by atoms with E-state index >= 15 is 0 Å². The molecule has 0 spiro atoms. The second kappa shape index (κ2) is 13.8. The Hall–Kier alpha value is 0.870. The minimum absolute atomic E-state index is 0. The minimum Gasteiger partial charge on any atom is -0.726 e. The van der Waals surface area contributed by atoms with Gasteiger partial charge in [0, 0.05) is 0 Å². The van der Waals surface area contributed by atoms with Gasteiger partial charge in [-0.05, 0) is 12.8 Å². The van der Waals surface area contributed by atoms with E-state index in [1.807, 2.05) is 0 Å². The molecule has 0 bridgehead atoms. The smallest absolute Gasteiger partial charge is 0.726 e. The summed E-state index contributed by atoms with van der Waals surface area (Å²) in [6, 6.07) is 0. The van der Waals surface area contributed by atoms with Crippen LogP contribution in [0.15, 0.2) is 0 Å². The first-order chi connectivity index (χ1) is 8.49. The molecular weight excluding hydrogens is 275 g/mol. The molecule has 4 nitrogen and oxygen atoms in total. The van der Waals surface area contributed by atoms with E-state index in [0.717, 1.165) is 51.4 Å². The molecule has 0 fully saturated rings. The third kappa shape index (κ3) is 16.8. The predicted molar refractivity (Wildman–Crippen MR) is 72.1 cm³/mol. The van der Waals surface area contributed by atoms with E-state index in [9.17, 15) is 13.0 Å². The quantitative estimate of drug-likeness (QED) is 0.231. The third-order valence-corrected chi connectivity index (χ3v) is 3.52. The standard InChI is InChI=1S/C13H28O4S.Na/c1-3-5-7-9-11-13(17-18(14,15)16)12-10-8-6-4-2;/h13H,3-12H2,1-2H3,(H,14,15,16);/q;+1/p-1. The van der Waals surface area contributed by atoms with Crippen molar-refractivity contribution in [2.75, 3.05) is 0 Å². The molecular formula is C13H27NaO4S. The van der Waals surface area contributed by atoms with Gasteiger partial charge in [-0.25, -0.2) is 8.42 Å². The van der Waals surface area contributed by atoms with Crippen LogP contribution < -0.4 is 29.6 Å². The van der Waals surface area contributed by atoms with Gasteiger partial charge in [-0.1, -0.05) is 65.2 Å². The zero-order chi connectivity index (χ0) is 13.9. The van der Waals surface area contributed by atoms with Crippen molar-refractivity contribution < 1.29 is 46.7 Å². The second-order valence-electron chi connectivity index (χ2n) is 4.83. The molecule has 0 heterocycles. The van der Waals surface area contributed by atoms with E-state index in [0.29, 0.717) is 12.8 Å². The molecule has 0 aromatic carbocycles. The molecule has 0 N–H and O–H groups in total. The summed E-state index contributed by atoms with van der Waals surface area (Å²) in [7, 11) is -4.56. The fourth-order valence-corrected chi connectivity index (χ4v) is 2.53. The van der Waals surface area contributed by atoms with Gasteiger partial charge in [0.25, 0.3) is 0 Å². The van der Waals surface area contributed by atoms with Crippen LogP contribution in [0.5, 0.6) is 0 Å². The molecule has 0 rings (SSSR count). The molecule has 19 heavy (non-hydrogen) atoms. The first-order valence-electron chi connectivity index (χ1n) is 7.13. The first-order valence-corrected chi connectivity index (χ1v) is 8.47. The Morgan fingerprint density at radius 1 is 0.895 bits per heavy atom. The zero-order valence-corrected chi connectivity index (χ0v) is 15.5. The van der Waals surface area contributed by atoms with Gasteiger partial charge in [-0.2, -0.15) is 0 Å². The number of rotatable bonds is 12. The van der Waals surface area contributed by atoms with Gasteiger partial charge < -0.3 is 4.55 Å². The van der Waals surface area contributed by atoms with Crippen LogP contribution in [-0.4, -0.2) is 19.1 Å². The Bertz CT molecular complexity index is 268. The molecule has 110 valence electrons. The van der Waals surface area contributed by atoms with Crippen molar-refractivity contribution in [3.05, 3.63) is 0 Å². The topological polar surface area (TPSA) is 66.4 Å². The fourth-order valence-electron chi connectivity index (χ4n) is 2.00. The van der Waals surface area contributed by atoms with Crippen LogP contribution >= 0.6 is 0 Å². The Kier molecular flexibility index (Phi) is 16.1. The van der Waals surface area contributed by atoms with Gasteiger partial charge in [-0.3, -0.25) is 4.18 Å². The zero-order valence-electron chi connectivity index (χ0n) is 12.7. The second-order valence-corrected chi connectivity index (χ2v) is 5.83. The molecule has 0 atom stereocenters. The van der Waals surface area contributed by atoms with E-state index in [4.69, 9.17) is 0 Å². The molecule has 6 heteroatoms. The Labute approximate surface area is 140 Å². The van der Waals surface area contributed by atoms with Crippen LogP contribution in [0.2, 0.25) is 0 Å². The average molecular weight is 302 g/mol. The molecule has 0 aliphatic rings. The molecule has 0 aliphatic heterocycles. The summed E-state index contributed by atoms with van der Waals surface area (Å²) in [5.41, 5.74) is 0. The Morgan fingerprint density at radius 2 is 1.32 bits per heavy atom. The molecule has 0 radical (unpaired) electrons. The molecule has 0 saturated heterocycles. The summed E-state index contributed by atoms with van der Waals surface area (Å²) in [6.45, 7) is 4.25. The maximum Gasteiger partial charge on any atom is 1.00 e. The Balaban J connectivity index is 0. The molecule has 0 aromatic heterocycles. The average Bonchev–Trinajstić information content (AvgIpc) is 2.28. The van der Waals surface area contributed by atoms with Crippen molar-refractivity contribution >= 4 is 10.4 Å². The van der Waals surface area contributed by atoms with E-state index < -0.39 is 16.5 Å². The van der Waals surface area contributed by atoms with Crippen LogP contribution in [-0.2, 0) is 14.6 Å². The van der Waals surface area contributed by atoms with E-state index in [2.05, 4.69) is 18.0 Å². The monoisotopic (exact) mass is 302 g/mol. The van der Waals surface area contributed by atoms with Gasteiger partial charge in [-0.15, -0.1) is 0 Å². The van der Waals surface area contributed by atoms with Crippen molar-refractivity contribution in [2.24, 2.45) is 0 Å². The summed E-state index contributed by atoms with van der Waals surface area (Å²) < 4.78 is 36.5. The van der Waals surface area contributed by atoms with Crippen molar-refractivity contribution in [3.63, 3.8) is 0 Å².